The summed E-state index contributed by atoms with van der Waals surface area (Å²) in [6.45, 7) is 0.435. The third-order valence-corrected chi connectivity index (χ3v) is 4.11. The molecule has 102 valence electrons. The van der Waals surface area contributed by atoms with E-state index in [1.54, 1.807) is 7.05 Å². The van der Waals surface area contributed by atoms with Crippen LogP contribution in [0.4, 0.5) is 0 Å². The minimum atomic E-state index is -0.922. The van der Waals surface area contributed by atoms with E-state index < -0.39 is 23.5 Å². The van der Waals surface area contributed by atoms with Crippen LogP contribution in [0.1, 0.15) is 25.7 Å². The molecule has 1 amide bonds. The molecular weight excluding hydrogens is 236 g/mol. The van der Waals surface area contributed by atoms with Crippen molar-refractivity contribution in [2.24, 2.45) is 11.7 Å². The monoisotopic (exact) mass is 256 g/mol. The third kappa shape index (κ3) is 2.22. The molecule has 2 rings (SSSR count). The molecular formula is C12H20N2O4. The highest BCUT2D eigenvalue weighted by Gasteiger charge is 2.45. The SMILES string of the molecule is CN(C(=O)C1(N)CCCC1)C1COCC1C(=O)O. The van der Waals surface area contributed by atoms with Crippen molar-refractivity contribution in [3.05, 3.63) is 0 Å². The van der Waals surface area contributed by atoms with Crippen molar-refractivity contribution in [2.45, 2.75) is 37.3 Å². The number of carboxylic acid groups (broad SMARTS) is 1. The largest absolute Gasteiger partial charge is 0.481 e. The van der Waals surface area contributed by atoms with Crippen molar-refractivity contribution in [1.29, 1.82) is 0 Å². The van der Waals surface area contributed by atoms with Crippen LogP contribution in [-0.4, -0.2) is 53.7 Å². The Bertz CT molecular complexity index is 352. The van der Waals surface area contributed by atoms with Gasteiger partial charge in [-0.3, -0.25) is 9.59 Å². The van der Waals surface area contributed by atoms with Crippen LogP contribution >= 0.6 is 0 Å². The summed E-state index contributed by atoms with van der Waals surface area (Å²) in [5.41, 5.74) is 5.31. The molecule has 0 aromatic carbocycles. The highest BCUT2D eigenvalue weighted by atomic mass is 16.5. The third-order valence-electron chi connectivity index (χ3n) is 4.11. The first-order chi connectivity index (χ1) is 8.46. The van der Waals surface area contributed by atoms with E-state index in [9.17, 15) is 9.59 Å². The fraction of sp³-hybridized carbons (Fsp3) is 0.833. The second-order valence-corrected chi connectivity index (χ2v) is 5.33. The molecule has 2 unspecified atom stereocenters. The van der Waals surface area contributed by atoms with Crippen molar-refractivity contribution in [3.8, 4) is 0 Å². The Labute approximate surface area is 106 Å². The number of nitrogens with zero attached hydrogens (tertiary/aromatic N) is 1. The maximum absolute atomic E-state index is 12.4. The first-order valence-corrected chi connectivity index (χ1v) is 6.32. The lowest BCUT2D eigenvalue weighted by Gasteiger charge is -2.33. The second kappa shape index (κ2) is 4.85. The smallest absolute Gasteiger partial charge is 0.311 e. The Hall–Kier alpha value is -1.14. The first kappa shape index (κ1) is 13.3. The Balaban J connectivity index is 2.08. The van der Waals surface area contributed by atoms with Crippen LogP contribution in [0.2, 0.25) is 0 Å². The van der Waals surface area contributed by atoms with Crippen LogP contribution in [0.15, 0.2) is 0 Å². The molecule has 6 heteroatoms. The number of nitrogens with two attached hydrogens (primary N) is 1. The molecule has 0 aromatic rings. The van der Waals surface area contributed by atoms with E-state index in [0.29, 0.717) is 12.8 Å². The van der Waals surface area contributed by atoms with E-state index >= 15 is 0 Å². The molecule has 1 saturated carbocycles. The Kier molecular flexibility index (Phi) is 3.59. The highest BCUT2D eigenvalue weighted by molar-refractivity contribution is 5.87. The number of carbonyl (C=O) groups excluding carboxylic acids is 1. The Morgan fingerprint density at radius 1 is 1.33 bits per heavy atom. The average molecular weight is 256 g/mol. The Morgan fingerprint density at radius 2 is 1.94 bits per heavy atom. The zero-order valence-corrected chi connectivity index (χ0v) is 10.6. The number of rotatable bonds is 3. The van der Waals surface area contributed by atoms with Gasteiger partial charge in [0, 0.05) is 7.05 Å². The Morgan fingerprint density at radius 3 is 2.50 bits per heavy atom. The maximum Gasteiger partial charge on any atom is 0.311 e. The van der Waals surface area contributed by atoms with Crippen molar-refractivity contribution < 1.29 is 19.4 Å². The molecule has 6 nitrogen and oxygen atoms in total. The first-order valence-electron chi connectivity index (χ1n) is 6.32. The van der Waals surface area contributed by atoms with Gasteiger partial charge >= 0.3 is 5.97 Å². The summed E-state index contributed by atoms with van der Waals surface area (Å²) in [6.07, 6.45) is 3.28. The van der Waals surface area contributed by atoms with Gasteiger partial charge in [0.05, 0.1) is 24.8 Å². The molecule has 2 atom stereocenters. The predicted octanol–water partition coefficient (Wildman–Crippen LogP) is -0.184. The second-order valence-electron chi connectivity index (χ2n) is 5.33. The lowest BCUT2D eigenvalue weighted by Crippen LogP contribution is -2.56. The summed E-state index contributed by atoms with van der Waals surface area (Å²) in [5.74, 6) is -1.72. The summed E-state index contributed by atoms with van der Waals surface area (Å²) >= 11 is 0. The van der Waals surface area contributed by atoms with Crippen LogP contribution in [-0.2, 0) is 14.3 Å². The lowest BCUT2D eigenvalue weighted by molar-refractivity contribution is -0.145. The van der Waals surface area contributed by atoms with E-state index in [4.69, 9.17) is 15.6 Å². The van der Waals surface area contributed by atoms with Gasteiger partial charge in [-0.1, -0.05) is 12.8 Å². The van der Waals surface area contributed by atoms with Crippen molar-refractivity contribution in [2.75, 3.05) is 20.3 Å². The lowest BCUT2D eigenvalue weighted by atomic mass is 9.94. The van der Waals surface area contributed by atoms with Gasteiger partial charge in [0.15, 0.2) is 0 Å². The number of amides is 1. The molecule has 0 radical (unpaired) electrons. The summed E-state index contributed by atoms with van der Waals surface area (Å²) in [5, 5.41) is 9.09. The number of carbonyl (C=O) groups is 2. The number of carboxylic acids is 1. The van der Waals surface area contributed by atoms with Gasteiger partial charge in [0.2, 0.25) is 5.91 Å². The molecule has 18 heavy (non-hydrogen) atoms. The van der Waals surface area contributed by atoms with Gasteiger partial charge in [-0.15, -0.1) is 0 Å². The molecule has 2 fully saturated rings. The molecule has 1 aliphatic heterocycles. The zero-order valence-electron chi connectivity index (χ0n) is 10.6. The fourth-order valence-corrected chi connectivity index (χ4v) is 2.88. The summed E-state index contributed by atoms with van der Waals surface area (Å²) < 4.78 is 5.18. The maximum atomic E-state index is 12.4. The van der Waals surface area contributed by atoms with Crippen molar-refractivity contribution in [3.63, 3.8) is 0 Å². The zero-order chi connectivity index (χ0) is 13.3. The minimum absolute atomic E-state index is 0.151. The van der Waals surface area contributed by atoms with Gasteiger partial charge in [-0.2, -0.15) is 0 Å². The number of likely N-dealkylation sites (N-methyl/N-ethyl adjacent to an activating group) is 1. The van der Waals surface area contributed by atoms with Gasteiger partial charge in [-0.05, 0) is 12.8 Å². The number of aliphatic carboxylic acids is 1. The van der Waals surface area contributed by atoms with Gasteiger partial charge in [0.1, 0.15) is 5.92 Å². The van der Waals surface area contributed by atoms with E-state index in [1.807, 2.05) is 0 Å². The molecule has 1 aliphatic carbocycles. The van der Waals surface area contributed by atoms with Gasteiger partial charge in [0.25, 0.3) is 0 Å². The number of hydrogen-bond donors (Lipinski definition) is 2. The minimum Gasteiger partial charge on any atom is -0.481 e. The van der Waals surface area contributed by atoms with E-state index in [1.165, 1.54) is 4.90 Å². The van der Waals surface area contributed by atoms with Crippen molar-refractivity contribution >= 4 is 11.9 Å². The summed E-state index contributed by atoms with van der Waals surface area (Å²) in [7, 11) is 1.63. The normalized spacial score (nSPS) is 30.3. The van der Waals surface area contributed by atoms with E-state index in [0.717, 1.165) is 12.8 Å². The quantitative estimate of drug-likeness (QED) is 0.730. The molecule has 2 aliphatic rings. The van der Waals surface area contributed by atoms with E-state index in [-0.39, 0.29) is 19.1 Å². The molecule has 0 spiro atoms. The topological polar surface area (TPSA) is 92.9 Å². The summed E-state index contributed by atoms with van der Waals surface area (Å²) in [4.78, 5) is 24.9. The predicted molar refractivity (Wildman–Crippen MR) is 63.9 cm³/mol. The average Bonchev–Trinajstić information content (AvgIpc) is 2.96. The standard InChI is InChI=1S/C12H20N2O4/c1-14(9-7-18-6-8(9)10(15)16)11(17)12(13)4-2-3-5-12/h8-9H,2-7,13H2,1H3,(H,15,16). The molecule has 1 saturated heterocycles. The highest BCUT2D eigenvalue weighted by Crippen LogP contribution is 2.30. The van der Waals surface area contributed by atoms with Crippen molar-refractivity contribution in [1.82, 2.24) is 4.90 Å². The number of hydrogen-bond acceptors (Lipinski definition) is 4. The molecule has 0 bridgehead atoms. The van der Waals surface area contributed by atoms with Crippen LogP contribution in [0.5, 0.6) is 0 Å². The van der Waals surface area contributed by atoms with Gasteiger partial charge < -0.3 is 20.5 Å². The summed E-state index contributed by atoms with van der Waals surface area (Å²) in [6, 6.07) is -0.406. The molecule has 3 N–H and O–H groups in total. The van der Waals surface area contributed by atoms with Crippen LogP contribution in [0.25, 0.3) is 0 Å². The van der Waals surface area contributed by atoms with E-state index in [2.05, 4.69) is 0 Å². The molecule has 0 aromatic heterocycles. The van der Waals surface area contributed by atoms with Crippen LogP contribution in [0.3, 0.4) is 0 Å². The number of ether oxygens (including phenoxy) is 1. The van der Waals surface area contributed by atoms with Crippen LogP contribution in [0, 0.1) is 5.92 Å². The molecule has 1 heterocycles. The van der Waals surface area contributed by atoms with Gasteiger partial charge in [-0.25, -0.2) is 0 Å². The fourth-order valence-electron chi connectivity index (χ4n) is 2.88. The van der Waals surface area contributed by atoms with Crippen LogP contribution < -0.4 is 5.73 Å².